The lowest BCUT2D eigenvalue weighted by Crippen LogP contribution is -2.28. The van der Waals surface area contributed by atoms with Gasteiger partial charge in [0.25, 0.3) is 5.91 Å². The highest BCUT2D eigenvalue weighted by molar-refractivity contribution is 7.10. The number of aromatic nitrogens is 1. The number of thiophene rings is 1. The maximum absolute atomic E-state index is 12.8. The van der Waals surface area contributed by atoms with Crippen molar-refractivity contribution in [3.05, 3.63) is 88.2 Å². The van der Waals surface area contributed by atoms with Crippen molar-refractivity contribution in [2.45, 2.75) is 5.92 Å². The van der Waals surface area contributed by atoms with Gasteiger partial charge in [0.2, 0.25) is 0 Å². The molecule has 4 nitrogen and oxygen atoms in total. The molecule has 0 unspecified atom stereocenters. The molecule has 0 aliphatic heterocycles. The fourth-order valence-electron chi connectivity index (χ4n) is 3.46. The summed E-state index contributed by atoms with van der Waals surface area (Å²) >= 11 is 1.72. The molecule has 0 aliphatic carbocycles. The van der Waals surface area contributed by atoms with Crippen molar-refractivity contribution < 1.29 is 4.79 Å². The molecule has 1 atom stereocenters. The Labute approximate surface area is 168 Å². The van der Waals surface area contributed by atoms with Gasteiger partial charge in [0, 0.05) is 59.8 Å². The number of hydrogen-bond acceptors (Lipinski definition) is 3. The molecule has 5 heteroatoms. The summed E-state index contributed by atoms with van der Waals surface area (Å²) in [4.78, 5) is 19.4. The Hall–Kier alpha value is -3.05. The Morgan fingerprint density at radius 2 is 1.96 bits per heavy atom. The van der Waals surface area contributed by atoms with Crippen molar-refractivity contribution >= 4 is 33.8 Å². The molecule has 0 aliphatic rings. The van der Waals surface area contributed by atoms with E-state index in [1.165, 1.54) is 15.8 Å². The molecule has 2 heterocycles. The normalized spacial score (nSPS) is 12.1. The Bertz CT molecular complexity index is 1080. The predicted octanol–water partition coefficient (Wildman–Crippen LogP) is 4.86. The van der Waals surface area contributed by atoms with Gasteiger partial charge in [0.15, 0.2) is 0 Å². The molecule has 28 heavy (non-hydrogen) atoms. The molecular weight excluding hydrogens is 366 g/mol. The van der Waals surface area contributed by atoms with Crippen molar-refractivity contribution in [3.8, 4) is 0 Å². The van der Waals surface area contributed by atoms with Crippen LogP contribution in [-0.2, 0) is 0 Å². The predicted molar refractivity (Wildman–Crippen MR) is 118 cm³/mol. The number of H-pyrrole nitrogens is 1. The van der Waals surface area contributed by atoms with Crippen molar-refractivity contribution in [2.24, 2.45) is 0 Å². The molecule has 1 amide bonds. The highest BCUT2D eigenvalue weighted by Crippen LogP contribution is 2.32. The molecule has 4 aromatic rings. The molecule has 2 aromatic carbocycles. The van der Waals surface area contributed by atoms with Crippen LogP contribution in [0.3, 0.4) is 0 Å². The summed E-state index contributed by atoms with van der Waals surface area (Å²) < 4.78 is 0. The summed E-state index contributed by atoms with van der Waals surface area (Å²) in [6.45, 7) is 0.549. The molecule has 0 bridgehead atoms. The van der Waals surface area contributed by atoms with Crippen LogP contribution < -0.4 is 10.2 Å². The molecule has 0 saturated carbocycles. The third-order valence-corrected chi connectivity index (χ3v) is 5.96. The lowest BCUT2D eigenvalue weighted by molar-refractivity contribution is 0.0952. The quantitative estimate of drug-likeness (QED) is 0.495. The van der Waals surface area contributed by atoms with Crippen molar-refractivity contribution in [3.63, 3.8) is 0 Å². The first kappa shape index (κ1) is 18.3. The monoisotopic (exact) mass is 389 g/mol. The van der Waals surface area contributed by atoms with E-state index in [1.54, 1.807) is 11.3 Å². The number of hydrogen-bond donors (Lipinski definition) is 2. The number of aromatic amines is 1. The molecule has 2 aromatic heterocycles. The average molecular weight is 390 g/mol. The van der Waals surface area contributed by atoms with Crippen LogP contribution in [0, 0.1) is 0 Å². The van der Waals surface area contributed by atoms with Gasteiger partial charge in [-0.15, -0.1) is 11.3 Å². The van der Waals surface area contributed by atoms with Crippen molar-refractivity contribution in [1.29, 1.82) is 0 Å². The summed E-state index contributed by atoms with van der Waals surface area (Å²) in [5, 5.41) is 6.42. The zero-order valence-corrected chi connectivity index (χ0v) is 16.8. The fourth-order valence-corrected chi connectivity index (χ4v) is 4.30. The van der Waals surface area contributed by atoms with Crippen LogP contribution in [0.15, 0.2) is 72.2 Å². The minimum absolute atomic E-state index is 0.0508. The van der Waals surface area contributed by atoms with E-state index in [0.717, 1.165) is 11.2 Å². The molecule has 0 saturated heterocycles. The van der Waals surface area contributed by atoms with E-state index in [-0.39, 0.29) is 11.8 Å². The minimum Gasteiger partial charge on any atom is -0.378 e. The summed E-state index contributed by atoms with van der Waals surface area (Å²) in [5.41, 5.74) is 4.01. The maximum atomic E-state index is 12.8. The van der Waals surface area contributed by atoms with E-state index in [1.807, 2.05) is 49.3 Å². The second-order valence-electron chi connectivity index (χ2n) is 7.01. The molecule has 0 radical (unpaired) electrons. The van der Waals surface area contributed by atoms with Gasteiger partial charge in [-0.25, -0.2) is 0 Å². The van der Waals surface area contributed by atoms with E-state index in [2.05, 4.69) is 52.2 Å². The Morgan fingerprint density at radius 3 is 2.75 bits per heavy atom. The SMILES string of the molecule is CN(C)c1cccc(C(=O)NC[C@H](c2cccs2)c2c[nH]c3ccccc23)c1. The Morgan fingerprint density at radius 1 is 1.11 bits per heavy atom. The number of amides is 1. The van der Waals surface area contributed by atoms with Gasteiger partial charge >= 0.3 is 0 Å². The van der Waals surface area contributed by atoms with E-state index < -0.39 is 0 Å². The first-order valence-electron chi connectivity index (χ1n) is 9.28. The van der Waals surface area contributed by atoms with Crippen LogP contribution in [0.4, 0.5) is 5.69 Å². The summed E-state index contributed by atoms with van der Waals surface area (Å²) in [6.07, 6.45) is 2.06. The Kier molecular flexibility index (Phi) is 5.17. The highest BCUT2D eigenvalue weighted by Gasteiger charge is 2.20. The number of rotatable bonds is 6. The number of benzene rings is 2. The van der Waals surface area contributed by atoms with Crippen LogP contribution in [0.25, 0.3) is 10.9 Å². The number of carbonyl (C=O) groups excluding carboxylic acids is 1. The second kappa shape index (κ2) is 7.90. The third kappa shape index (κ3) is 3.66. The van der Waals surface area contributed by atoms with Crippen molar-refractivity contribution in [2.75, 3.05) is 25.5 Å². The standard InChI is InChI=1S/C23H23N3OS/c1-26(2)17-8-5-7-16(13-17)23(27)25-15-20(22-11-6-12-28-22)19-14-24-21-10-4-3-9-18(19)21/h3-14,20,24H,15H2,1-2H3,(H,25,27)/t20-/m0/s1. The van der Waals surface area contributed by atoms with Crippen molar-refractivity contribution in [1.82, 2.24) is 10.3 Å². The maximum Gasteiger partial charge on any atom is 0.251 e. The van der Waals surface area contributed by atoms with E-state index in [4.69, 9.17) is 0 Å². The molecule has 0 spiro atoms. The zero-order chi connectivity index (χ0) is 19.5. The number of carbonyl (C=O) groups is 1. The van der Waals surface area contributed by atoms with Crippen LogP contribution >= 0.6 is 11.3 Å². The van der Waals surface area contributed by atoms with E-state index in [9.17, 15) is 4.79 Å². The van der Waals surface area contributed by atoms with Crippen LogP contribution in [0.5, 0.6) is 0 Å². The van der Waals surface area contributed by atoms with Gasteiger partial charge in [-0.2, -0.15) is 0 Å². The summed E-state index contributed by atoms with van der Waals surface area (Å²) in [5.74, 6) is 0.0576. The van der Waals surface area contributed by atoms with E-state index in [0.29, 0.717) is 12.1 Å². The number of anilines is 1. The Balaban J connectivity index is 1.59. The highest BCUT2D eigenvalue weighted by atomic mass is 32.1. The van der Waals surface area contributed by atoms with Gasteiger partial charge < -0.3 is 15.2 Å². The van der Waals surface area contributed by atoms with Gasteiger partial charge in [0.05, 0.1) is 0 Å². The largest absolute Gasteiger partial charge is 0.378 e. The smallest absolute Gasteiger partial charge is 0.251 e. The molecule has 4 rings (SSSR count). The van der Waals surface area contributed by atoms with Crippen LogP contribution in [-0.4, -0.2) is 31.5 Å². The van der Waals surface area contributed by atoms with Gasteiger partial charge in [0.1, 0.15) is 0 Å². The zero-order valence-electron chi connectivity index (χ0n) is 16.0. The minimum atomic E-state index is -0.0508. The number of para-hydroxylation sites is 1. The average Bonchev–Trinajstić information content (AvgIpc) is 3.39. The molecule has 0 fully saturated rings. The molecular formula is C23H23N3OS. The number of nitrogens with zero attached hydrogens (tertiary/aromatic N) is 1. The lowest BCUT2D eigenvalue weighted by Gasteiger charge is -2.17. The second-order valence-corrected chi connectivity index (χ2v) is 7.99. The first-order valence-corrected chi connectivity index (χ1v) is 10.2. The van der Waals surface area contributed by atoms with E-state index >= 15 is 0 Å². The topological polar surface area (TPSA) is 48.1 Å². The third-order valence-electron chi connectivity index (χ3n) is 4.97. The summed E-state index contributed by atoms with van der Waals surface area (Å²) in [6, 6.07) is 20.2. The van der Waals surface area contributed by atoms with Crippen LogP contribution in [0.2, 0.25) is 0 Å². The molecule has 142 valence electrons. The first-order chi connectivity index (χ1) is 13.6. The van der Waals surface area contributed by atoms with Gasteiger partial charge in [-0.05, 0) is 41.3 Å². The van der Waals surface area contributed by atoms with Gasteiger partial charge in [-0.1, -0.05) is 30.3 Å². The van der Waals surface area contributed by atoms with Gasteiger partial charge in [-0.3, -0.25) is 4.79 Å². The molecule has 2 N–H and O–H groups in total. The fraction of sp³-hybridized carbons (Fsp3) is 0.174. The lowest BCUT2D eigenvalue weighted by atomic mass is 9.96. The number of nitrogens with one attached hydrogen (secondary N) is 2. The van der Waals surface area contributed by atoms with Crippen LogP contribution in [0.1, 0.15) is 26.7 Å². The number of fused-ring (bicyclic) bond motifs is 1. The summed E-state index contributed by atoms with van der Waals surface area (Å²) in [7, 11) is 3.95.